The summed E-state index contributed by atoms with van der Waals surface area (Å²) in [4.78, 5) is 16.6. The summed E-state index contributed by atoms with van der Waals surface area (Å²) in [5, 5.41) is 24.6. The first-order chi connectivity index (χ1) is 17.5. The van der Waals surface area contributed by atoms with E-state index in [4.69, 9.17) is 9.84 Å². The maximum absolute atomic E-state index is 11.8. The molecule has 9 heteroatoms. The molecule has 4 aliphatic rings. The summed E-state index contributed by atoms with van der Waals surface area (Å²) < 4.78 is 7.12. The van der Waals surface area contributed by atoms with Gasteiger partial charge in [0.15, 0.2) is 11.5 Å². The molecule has 188 valence electrons. The molecule has 3 aliphatic heterocycles. The monoisotopic (exact) mass is 488 g/mol. The van der Waals surface area contributed by atoms with Crippen LogP contribution in [-0.4, -0.2) is 68.5 Å². The first-order valence-corrected chi connectivity index (χ1v) is 13.2. The van der Waals surface area contributed by atoms with E-state index >= 15 is 0 Å². The lowest BCUT2D eigenvalue weighted by Crippen LogP contribution is -2.43. The Bertz CT molecular complexity index is 1340. The maximum Gasteiger partial charge on any atom is 0.338 e. The van der Waals surface area contributed by atoms with Crippen molar-refractivity contribution in [2.24, 2.45) is 5.41 Å². The average Bonchev–Trinajstić information content (AvgIpc) is 3.33. The van der Waals surface area contributed by atoms with E-state index in [1.54, 1.807) is 6.07 Å². The number of benzene rings is 1. The Morgan fingerprint density at radius 1 is 1.11 bits per heavy atom. The molecule has 0 radical (unpaired) electrons. The van der Waals surface area contributed by atoms with Gasteiger partial charge < -0.3 is 19.6 Å². The molecule has 0 amide bonds. The minimum atomic E-state index is -0.569. The number of carbonyl (C=O) groups is 1. The van der Waals surface area contributed by atoms with Crippen molar-refractivity contribution >= 4 is 17.4 Å². The molecule has 5 heterocycles. The standard InChI is InChI=1S/C27H32N6O3/c1-17-19(4-5-20-21(17)15-36-26(20)35)22(34)14-31-11-8-27(9-12-31)10-13-32(16-27)24-7-6-23-28-29-25(18-2-3-18)33(23)30-24/h4-7,18,22,34H,2-3,8-16H2,1H3/t22-/m0/s1. The van der Waals surface area contributed by atoms with Gasteiger partial charge in [0.05, 0.1) is 11.7 Å². The smallest absolute Gasteiger partial charge is 0.338 e. The van der Waals surface area contributed by atoms with Crippen molar-refractivity contribution in [1.29, 1.82) is 0 Å². The van der Waals surface area contributed by atoms with Crippen LogP contribution in [0.4, 0.5) is 5.82 Å². The topological polar surface area (TPSA) is 96.1 Å². The number of β-amino-alcohol motifs (C(OH)–C–C–N with tert-alkyl or cyclic N) is 1. The van der Waals surface area contributed by atoms with Gasteiger partial charge in [-0.3, -0.25) is 0 Å². The number of aliphatic hydroxyl groups excluding tert-OH is 1. The molecule has 3 fully saturated rings. The number of likely N-dealkylation sites (tertiary alicyclic amines) is 1. The lowest BCUT2D eigenvalue weighted by Gasteiger charge is -2.40. The Morgan fingerprint density at radius 3 is 2.72 bits per heavy atom. The van der Waals surface area contributed by atoms with E-state index in [0.29, 0.717) is 30.0 Å². The second-order valence-electron chi connectivity index (χ2n) is 11.2. The summed E-state index contributed by atoms with van der Waals surface area (Å²) in [5.74, 6) is 2.28. The largest absolute Gasteiger partial charge is 0.457 e. The third-order valence-corrected chi connectivity index (χ3v) is 8.89. The molecule has 0 unspecified atom stereocenters. The van der Waals surface area contributed by atoms with Crippen LogP contribution in [0, 0.1) is 12.3 Å². The van der Waals surface area contributed by atoms with Gasteiger partial charge in [0, 0.05) is 31.1 Å². The van der Waals surface area contributed by atoms with Gasteiger partial charge in [0.2, 0.25) is 0 Å². The van der Waals surface area contributed by atoms with E-state index in [9.17, 15) is 9.90 Å². The van der Waals surface area contributed by atoms with Crippen LogP contribution in [0.15, 0.2) is 24.3 Å². The van der Waals surface area contributed by atoms with Gasteiger partial charge in [0.25, 0.3) is 0 Å². The summed E-state index contributed by atoms with van der Waals surface area (Å²) in [7, 11) is 0. The Labute approximate surface area is 210 Å². The Balaban J connectivity index is 0.994. The average molecular weight is 489 g/mol. The zero-order valence-corrected chi connectivity index (χ0v) is 20.7. The molecule has 2 aromatic heterocycles. The van der Waals surface area contributed by atoms with Gasteiger partial charge >= 0.3 is 5.97 Å². The summed E-state index contributed by atoms with van der Waals surface area (Å²) in [6.45, 7) is 6.93. The quantitative estimate of drug-likeness (QED) is 0.548. The lowest BCUT2D eigenvalue weighted by atomic mass is 9.77. The molecule has 1 atom stereocenters. The number of piperidine rings is 1. The summed E-state index contributed by atoms with van der Waals surface area (Å²) in [5.41, 5.74) is 4.58. The predicted molar refractivity (Wildman–Crippen MR) is 133 cm³/mol. The van der Waals surface area contributed by atoms with Crippen LogP contribution in [-0.2, 0) is 11.3 Å². The zero-order valence-electron chi connectivity index (χ0n) is 20.7. The fourth-order valence-corrected chi connectivity index (χ4v) is 6.38. The molecule has 2 saturated heterocycles. The highest BCUT2D eigenvalue weighted by Crippen LogP contribution is 2.42. The number of ether oxygens (including phenoxy) is 1. The second kappa shape index (κ2) is 8.24. The van der Waals surface area contributed by atoms with Crippen molar-refractivity contribution in [3.63, 3.8) is 0 Å². The highest BCUT2D eigenvalue weighted by atomic mass is 16.5. The fraction of sp³-hybridized carbons (Fsp3) is 0.556. The lowest BCUT2D eigenvalue weighted by molar-refractivity contribution is 0.0534. The van der Waals surface area contributed by atoms with Gasteiger partial charge in [-0.2, -0.15) is 4.52 Å². The summed E-state index contributed by atoms with van der Waals surface area (Å²) >= 11 is 0. The highest BCUT2D eigenvalue weighted by Gasteiger charge is 2.41. The summed E-state index contributed by atoms with van der Waals surface area (Å²) in [6.07, 6.45) is 5.24. The Morgan fingerprint density at radius 2 is 1.92 bits per heavy atom. The molecule has 3 aromatic rings. The van der Waals surface area contributed by atoms with Crippen LogP contribution < -0.4 is 4.90 Å². The van der Waals surface area contributed by atoms with Gasteiger partial charge in [-0.15, -0.1) is 15.3 Å². The van der Waals surface area contributed by atoms with Crippen molar-refractivity contribution in [2.45, 2.75) is 57.7 Å². The van der Waals surface area contributed by atoms with Crippen molar-refractivity contribution in [1.82, 2.24) is 24.7 Å². The normalized spacial score (nSPS) is 22.4. The van der Waals surface area contributed by atoms with E-state index in [1.807, 2.05) is 23.6 Å². The van der Waals surface area contributed by atoms with E-state index in [2.05, 4.69) is 26.1 Å². The molecule has 9 nitrogen and oxygen atoms in total. The number of fused-ring (bicyclic) bond motifs is 2. The van der Waals surface area contributed by atoms with Gasteiger partial charge in [-0.25, -0.2) is 4.79 Å². The Kier molecular flexibility index (Phi) is 5.08. The second-order valence-corrected chi connectivity index (χ2v) is 11.2. The zero-order chi connectivity index (χ0) is 24.4. The van der Waals surface area contributed by atoms with Crippen LogP contribution in [0.5, 0.6) is 0 Å². The molecule has 1 aliphatic carbocycles. The summed E-state index contributed by atoms with van der Waals surface area (Å²) in [6, 6.07) is 7.81. The van der Waals surface area contributed by atoms with Crippen molar-refractivity contribution in [2.75, 3.05) is 37.6 Å². The van der Waals surface area contributed by atoms with Crippen LogP contribution in [0.1, 0.15) is 77.0 Å². The molecule has 1 spiro atoms. The van der Waals surface area contributed by atoms with E-state index in [0.717, 1.165) is 73.0 Å². The number of hydrogen-bond acceptors (Lipinski definition) is 8. The molecule has 1 saturated carbocycles. The molecular formula is C27H32N6O3. The van der Waals surface area contributed by atoms with Gasteiger partial charge in [-0.05, 0) is 86.9 Å². The van der Waals surface area contributed by atoms with Gasteiger partial charge in [0.1, 0.15) is 12.4 Å². The third-order valence-electron chi connectivity index (χ3n) is 8.89. The number of esters is 1. The molecule has 7 rings (SSSR count). The number of carbonyl (C=O) groups excluding carboxylic acids is 1. The molecule has 0 bridgehead atoms. The van der Waals surface area contributed by atoms with Crippen molar-refractivity contribution < 1.29 is 14.6 Å². The van der Waals surface area contributed by atoms with Crippen LogP contribution in [0.3, 0.4) is 0 Å². The number of rotatable bonds is 5. The molecule has 1 N–H and O–H groups in total. The van der Waals surface area contributed by atoms with E-state index in [-0.39, 0.29) is 5.97 Å². The first-order valence-electron chi connectivity index (χ1n) is 13.2. The van der Waals surface area contributed by atoms with E-state index < -0.39 is 6.10 Å². The number of anilines is 1. The maximum atomic E-state index is 11.8. The first kappa shape index (κ1) is 22.2. The van der Waals surface area contributed by atoms with Crippen LogP contribution in [0.2, 0.25) is 0 Å². The predicted octanol–water partition coefficient (Wildman–Crippen LogP) is 3.01. The SMILES string of the molecule is Cc1c([C@@H](O)CN2CCC3(CC2)CCN(c2ccc4nnc(C5CC5)n4n2)C3)ccc2c1COC2=O. The van der Waals surface area contributed by atoms with Crippen molar-refractivity contribution in [3.8, 4) is 0 Å². The van der Waals surface area contributed by atoms with Crippen molar-refractivity contribution in [3.05, 3.63) is 52.3 Å². The minimum Gasteiger partial charge on any atom is -0.457 e. The van der Waals surface area contributed by atoms with Gasteiger partial charge in [-0.1, -0.05) is 6.07 Å². The highest BCUT2D eigenvalue weighted by molar-refractivity contribution is 5.93. The number of aliphatic hydroxyl groups is 1. The number of nitrogens with zero attached hydrogens (tertiary/aromatic N) is 6. The minimum absolute atomic E-state index is 0.263. The van der Waals surface area contributed by atoms with Crippen LogP contribution in [0.25, 0.3) is 5.65 Å². The number of hydrogen-bond donors (Lipinski definition) is 1. The fourth-order valence-electron chi connectivity index (χ4n) is 6.38. The molecule has 1 aromatic carbocycles. The molecular weight excluding hydrogens is 456 g/mol. The van der Waals surface area contributed by atoms with Crippen LogP contribution >= 0.6 is 0 Å². The Hall–Kier alpha value is -3.04. The molecule has 36 heavy (non-hydrogen) atoms. The third kappa shape index (κ3) is 3.67. The van der Waals surface area contributed by atoms with E-state index in [1.165, 1.54) is 19.3 Å². The number of cyclic esters (lactones) is 1. The number of aromatic nitrogens is 4.